The van der Waals surface area contributed by atoms with Crippen molar-refractivity contribution in [3.05, 3.63) is 28.2 Å². The van der Waals surface area contributed by atoms with Crippen LogP contribution in [-0.4, -0.2) is 39.7 Å². The minimum atomic E-state index is -0.512. The molecule has 0 aliphatic carbocycles. The molecule has 0 bridgehead atoms. The highest BCUT2D eigenvalue weighted by Crippen LogP contribution is 2.28. The molecule has 1 unspecified atom stereocenters. The van der Waals surface area contributed by atoms with Crippen LogP contribution in [0.1, 0.15) is 24.3 Å². The van der Waals surface area contributed by atoms with Gasteiger partial charge in [-0.3, -0.25) is 14.9 Å². The molecule has 0 aromatic carbocycles. The summed E-state index contributed by atoms with van der Waals surface area (Å²) in [6.07, 6.45) is 1.49. The quantitative estimate of drug-likeness (QED) is 0.689. The second-order valence-corrected chi connectivity index (χ2v) is 6.02. The summed E-state index contributed by atoms with van der Waals surface area (Å²) in [5, 5.41) is 13.2. The Balaban J connectivity index is 2.07. The Bertz CT molecular complexity index is 606. The molecular weight excluding hydrogens is 246 g/mol. The van der Waals surface area contributed by atoms with Gasteiger partial charge < -0.3 is 14.6 Å². The van der Waals surface area contributed by atoms with Crippen molar-refractivity contribution in [2.24, 2.45) is 5.41 Å². The Labute approximate surface area is 110 Å². The van der Waals surface area contributed by atoms with E-state index >= 15 is 0 Å². The maximum atomic E-state index is 12.5. The predicted octanol–water partition coefficient (Wildman–Crippen LogP) is -0.0348. The van der Waals surface area contributed by atoms with Crippen LogP contribution in [0.4, 0.5) is 0 Å². The average Bonchev–Trinajstić information content (AvgIpc) is 2.34. The second kappa shape index (κ2) is 3.84. The van der Waals surface area contributed by atoms with E-state index in [1.54, 1.807) is 15.7 Å². The molecule has 1 atom stereocenters. The number of pyridine rings is 1. The number of carbonyl (C=O) groups is 1. The summed E-state index contributed by atoms with van der Waals surface area (Å²) in [5.41, 5.74) is -0.426. The summed E-state index contributed by atoms with van der Waals surface area (Å²) in [4.78, 5) is 25.7. The molecule has 1 saturated heterocycles. The van der Waals surface area contributed by atoms with Gasteiger partial charge in [-0.2, -0.15) is 0 Å². The molecule has 3 heterocycles. The van der Waals surface area contributed by atoms with Crippen molar-refractivity contribution in [2.45, 2.75) is 26.6 Å². The number of fused-ring (bicyclic) bond motifs is 2. The molecule has 6 nitrogen and oxygen atoms in total. The Hall–Kier alpha value is -1.82. The Morgan fingerprint density at radius 3 is 2.89 bits per heavy atom. The normalized spacial score (nSPS) is 24.8. The van der Waals surface area contributed by atoms with E-state index in [0.717, 1.165) is 6.54 Å². The van der Waals surface area contributed by atoms with Crippen LogP contribution in [0.2, 0.25) is 0 Å². The van der Waals surface area contributed by atoms with Crippen LogP contribution in [-0.2, 0) is 6.54 Å². The van der Waals surface area contributed by atoms with E-state index in [4.69, 9.17) is 0 Å². The molecule has 3 rings (SSSR count). The molecule has 0 saturated carbocycles. The largest absolute Gasteiger partial charge is 0.503 e. The van der Waals surface area contributed by atoms with Crippen molar-refractivity contribution in [2.75, 3.05) is 13.1 Å². The topological polar surface area (TPSA) is 74.6 Å². The van der Waals surface area contributed by atoms with Crippen LogP contribution in [0, 0.1) is 5.41 Å². The number of aromatic nitrogens is 1. The standard InChI is InChI=1S/C13H17N3O3/c1-13(2)6-14-9-5-15-4-3-8(17)11(18)10(15)12(19)16(9)7-13/h3-4,9,14,18H,5-7H2,1-2H3. The van der Waals surface area contributed by atoms with Gasteiger partial charge in [-0.05, 0) is 5.41 Å². The molecule has 2 aliphatic rings. The zero-order valence-electron chi connectivity index (χ0n) is 11.0. The van der Waals surface area contributed by atoms with E-state index in [9.17, 15) is 14.7 Å². The van der Waals surface area contributed by atoms with Crippen LogP contribution in [0.15, 0.2) is 17.1 Å². The number of amides is 1. The summed E-state index contributed by atoms with van der Waals surface area (Å²) < 4.78 is 1.64. The molecule has 102 valence electrons. The Kier molecular flexibility index (Phi) is 2.47. The smallest absolute Gasteiger partial charge is 0.275 e. The number of hydrogen-bond acceptors (Lipinski definition) is 4. The highest BCUT2D eigenvalue weighted by Gasteiger charge is 2.40. The van der Waals surface area contributed by atoms with Crippen LogP contribution in [0.25, 0.3) is 0 Å². The van der Waals surface area contributed by atoms with E-state index < -0.39 is 11.2 Å². The maximum Gasteiger partial charge on any atom is 0.275 e. The first kappa shape index (κ1) is 12.2. The first-order valence-corrected chi connectivity index (χ1v) is 6.36. The maximum absolute atomic E-state index is 12.5. The third-order valence-corrected chi connectivity index (χ3v) is 3.77. The van der Waals surface area contributed by atoms with E-state index in [-0.39, 0.29) is 23.2 Å². The molecule has 1 fully saturated rings. The fraction of sp³-hybridized carbons (Fsp3) is 0.538. The molecule has 1 aromatic rings. The number of aromatic hydroxyl groups is 1. The van der Waals surface area contributed by atoms with Gasteiger partial charge in [0.05, 0.1) is 6.54 Å². The van der Waals surface area contributed by atoms with Crippen LogP contribution < -0.4 is 10.7 Å². The lowest BCUT2D eigenvalue weighted by Crippen LogP contribution is -2.63. The van der Waals surface area contributed by atoms with Gasteiger partial charge >= 0.3 is 0 Å². The molecule has 2 N–H and O–H groups in total. The lowest BCUT2D eigenvalue weighted by molar-refractivity contribution is 0.0220. The number of hydrogen-bond donors (Lipinski definition) is 2. The number of rotatable bonds is 0. The van der Waals surface area contributed by atoms with Crippen molar-refractivity contribution in [3.63, 3.8) is 0 Å². The van der Waals surface area contributed by atoms with Gasteiger partial charge in [0, 0.05) is 25.4 Å². The summed E-state index contributed by atoms with van der Waals surface area (Å²) in [6.45, 7) is 6.16. The van der Waals surface area contributed by atoms with Gasteiger partial charge in [0.15, 0.2) is 11.4 Å². The third kappa shape index (κ3) is 1.83. The fourth-order valence-corrected chi connectivity index (χ4v) is 2.77. The number of carbonyl (C=O) groups excluding carboxylic acids is 1. The minimum Gasteiger partial charge on any atom is -0.503 e. The first-order valence-electron chi connectivity index (χ1n) is 6.36. The number of nitrogens with one attached hydrogen (secondary N) is 1. The third-order valence-electron chi connectivity index (χ3n) is 3.77. The van der Waals surface area contributed by atoms with Gasteiger partial charge in [-0.15, -0.1) is 0 Å². The summed E-state index contributed by atoms with van der Waals surface area (Å²) in [7, 11) is 0. The predicted molar refractivity (Wildman–Crippen MR) is 69.0 cm³/mol. The molecular formula is C13H17N3O3. The molecule has 6 heteroatoms. The van der Waals surface area contributed by atoms with Crippen LogP contribution in [0.5, 0.6) is 5.75 Å². The Morgan fingerprint density at radius 1 is 1.42 bits per heavy atom. The monoisotopic (exact) mass is 263 g/mol. The average molecular weight is 263 g/mol. The van der Waals surface area contributed by atoms with Crippen LogP contribution >= 0.6 is 0 Å². The molecule has 0 radical (unpaired) electrons. The molecule has 1 aromatic heterocycles. The van der Waals surface area contributed by atoms with Gasteiger partial charge in [-0.25, -0.2) is 0 Å². The van der Waals surface area contributed by atoms with E-state index in [0.29, 0.717) is 13.1 Å². The molecule has 0 spiro atoms. The molecule has 1 amide bonds. The summed E-state index contributed by atoms with van der Waals surface area (Å²) in [5.74, 6) is -0.735. The highest BCUT2D eigenvalue weighted by molar-refractivity contribution is 5.96. The van der Waals surface area contributed by atoms with Crippen molar-refractivity contribution in [1.82, 2.24) is 14.8 Å². The van der Waals surface area contributed by atoms with E-state index in [1.807, 2.05) is 0 Å². The molecule has 2 aliphatic heterocycles. The number of nitrogens with zero attached hydrogens (tertiary/aromatic N) is 2. The lowest BCUT2D eigenvalue weighted by Gasteiger charge is -2.47. The van der Waals surface area contributed by atoms with Crippen molar-refractivity contribution in [3.8, 4) is 5.75 Å². The highest BCUT2D eigenvalue weighted by atomic mass is 16.3. The van der Waals surface area contributed by atoms with Crippen molar-refractivity contribution in [1.29, 1.82) is 0 Å². The van der Waals surface area contributed by atoms with Gasteiger partial charge in [-0.1, -0.05) is 13.8 Å². The van der Waals surface area contributed by atoms with E-state index in [2.05, 4.69) is 19.2 Å². The second-order valence-electron chi connectivity index (χ2n) is 6.02. The summed E-state index contributed by atoms with van der Waals surface area (Å²) >= 11 is 0. The van der Waals surface area contributed by atoms with Crippen molar-refractivity contribution >= 4 is 5.91 Å². The SMILES string of the molecule is CC1(C)CNC2Cn3ccc(=O)c(O)c3C(=O)N2C1. The fourth-order valence-electron chi connectivity index (χ4n) is 2.77. The van der Waals surface area contributed by atoms with Gasteiger partial charge in [0.2, 0.25) is 5.43 Å². The lowest BCUT2D eigenvalue weighted by atomic mass is 9.89. The zero-order chi connectivity index (χ0) is 13.8. The zero-order valence-corrected chi connectivity index (χ0v) is 11.0. The van der Waals surface area contributed by atoms with Crippen LogP contribution in [0.3, 0.4) is 0 Å². The van der Waals surface area contributed by atoms with Gasteiger partial charge in [0.1, 0.15) is 6.17 Å². The summed E-state index contributed by atoms with van der Waals surface area (Å²) in [6, 6.07) is 1.29. The van der Waals surface area contributed by atoms with E-state index in [1.165, 1.54) is 6.07 Å². The van der Waals surface area contributed by atoms with Gasteiger partial charge in [0.25, 0.3) is 5.91 Å². The minimum absolute atomic E-state index is 0.0149. The Morgan fingerprint density at radius 2 is 2.16 bits per heavy atom. The van der Waals surface area contributed by atoms with Crippen molar-refractivity contribution < 1.29 is 9.90 Å². The first-order chi connectivity index (χ1) is 8.89. The molecule has 19 heavy (non-hydrogen) atoms.